The van der Waals surface area contributed by atoms with Gasteiger partial charge in [-0.3, -0.25) is 4.98 Å². The van der Waals surface area contributed by atoms with E-state index in [-0.39, 0.29) is 4.90 Å². The highest BCUT2D eigenvalue weighted by atomic mass is 32.2. The predicted molar refractivity (Wildman–Crippen MR) is 74.1 cm³/mol. The Morgan fingerprint density at radius 1 is 1.21 bits per heavy atom. The van der Waals surface area contributed by atoms with E-state index < -0.39 is 10.0 Å². The maximum atomic E-state index is 11.1. The van der Waals surface area contributed by atoms with Crippen molar-refractivity contribution in [1.29, 1.82) is 0 Å². The Morgan fingerprint density at radius 2 is 1.89 bits per heavy atom. The molecule has 0 atom stereocenters. The number of anilines is 1. The molecule has 0 amide bonds. The number of hydrogen-bond acceptors (Lipinski definition) is 4. The molecule has 6 heteroatoms. The van der Waals surface area contributed by atoms with E-state index in [4.69, 9.17) is 5.14 Å². The van der Waals surface area contributed by atoms with E-state index in [1.807, 2.05) is 13.0 Å². The van der Waals surface area contributed by atoms with Crippen molar-refractivity contribution < 1.29 is 8.42 Å². The number of nitrogens with two attached hydrogens (primary N) is 1. The largest absolute Gasteiger partial charge is 0.381 e. The van der Waals surface area contributed by atoms with Crippen molar-refractivity contribution in [1.82, 2.24) is 4.98 Å². The van der Waals surface area contributed by atoms with Crippen LogP contribution in [0.25, 0.3) is 0 Å². The SMILES string of the molecule is Cc1ccncc1CNc1ccc(S(N)(=O)=O)cc1. The standard InChI is InChI=1S/C13H15N3O2S/c1-10-6-7-15-8-11(10)9-16-12-2-4-13(5-3-12)19(14,17)18/h2-8,16H,9H2,1H3,(H2,14,17,18). The molecule has 0 unspecified atom stereocenters. The first-order valence-electron chi connectivity index (χ1n) is 5.73. The minimum atomic E-state index is -3.63. The summed E-state index contributed by atoms with van der Waals surface area (Å²) in [5.41, 5.74) is 3.08. The van der Waals surface area contributed by atoms with Crippen molar-refractivity contribution in [3.63, 3.8) is 0 Å². The van der Waals surface area contributed by atoms with Gasteiger partial charge in [0.15, 0.2) is 0 Å². The summed E-state index contributed by atoms with van der Waals surface area (Å²) in [7, 11) is -3.63. The minimum Gasteiger partial charge on any atom is -0.381 e. The molecule has 1 aromatic carbocycles. The van der Waals surface area contributed by atoms with Gasteiger partial charge < -0.3 is 5.32 Å². The highest BCUT2D eigenvalue weighted by Crippen LogP contribution is 2.14. The highest BCUT2D eigenvalue weighted by Gasteiger charge is 2.06. The number of rotatable bonds is 4. The lowest BCUT2D eigenvalue weighted by atomic mass is 10.1. The molecule has 1 heterocycles. The second-order valence-corrected chi connectivity index (χ2v) is 5.79. The summed E-state index contributed by atoms with van der Waals surface area (Å²) in [5, 5.41) is 8.24. The molecule has 3 N–H and O–H groups in total. The average Bonchev–Trinajstić information content (AvgIpc) is 2.37. The third-order valence-corrected chi connectivity index (χ3v) is 3.74. The van der Waals surface area contributed by atoms with Crippen LogP contribution >= 0.6 is 0 Å². The lowest BCUT2D eigenvalue weighted by Crippen LogP contribution is -2.12. The second-order valence-electron chi connectivity index (χ2n) is 4.23. The first-order chi connectivity index (χ1) is 8.97. The van der Waals surface area contributed by atoms with Crippen LogP contribution in [0.1, 0.15) is 11.1 Å². The minimum absolute atomic E-state index is 0.107. The van der Waals surface area contributed by atoms with Gasteiger partial charge in [-0.05, 0) is 48.4 Å². The van der Waals surface area contributed by atoms with E-state index in [0.29, 0.717) is 6.54 Å². The molecule has 0 saturated carbocycles. The van der Waals surface area contributed by atoms with Crippen LogP contribution in [0.3, 0.4) is 0 Å². The van der Waals surface area contributed by atoms with Gasteiger partial charge in [-0.25, -0.2) is 13.6 Å². The lowest BCUT2D eigenvalue weighted by Gasteiger charge is -2.08. The first kappa shape index (κ1) is 13.5. The Bertz CT molecular complexity index is 667. The van der Waals surface area contributed by atoms with E-state index >= 15 is 0 Å². The number of sulfonamides is 1. The normalized spacial score (nSPS) is 11.3. The zero-order valence-corrected chi connectivity index (χ0v) is 11.3. The number of primary sulfonamides is 1. The summed E-state index contributed by atoms with van der Waals surface area (Å²) < 4.78 is 22.2. The van der Waals surface area contributed by atoms with E-state index in [1.54, 1.807) is 24.5 Å². The van der Waals surface area contributed by atoms with Crippen LogP contribution in [0.4, 0.5) is 5.69 Å². The predicted octanol–water partition coefficient (Wildman–Crippen LogP) is 1.65. The van der Waals surface area contributed by atoms with Gasteiger partial charge in [0.2, 0.25) is 10.0 Å². The zero-order valence-electron chi connectivity index (χ0n) is 10.5. The van der Waals surface area contributed by atoms with Gasteiger partial charge in [0.25, 0.3) is 0 Å². The van der Waals surface area contributed by atoms with Gasteiger partial charge in [0, 0.05) is 24.6 Å². The van der Waals surface area contributed by atoms with Crippen LogP contribution in [-0.2, 0) is 16.6 Å². The van der Waals surface area contributed by atoms with Gasteiger partial charge in [-0.15, -0.1) is 0 Å². The number of hydrogen-bond donors (Lipinski definition) is 2. The molecule has 5 nitrogen and oxygen atoms in total. The molecule has 0 bridgehead atoms. The number of pyridine rings is 1. The van der Waals surface area contributed by atoms with E-state index in [0.717, 1.165) is 16.8 Å². The molecule has 2 aromatic rings. The monoisotopic (exact) mass is 277 g/mol. The highest BCUT2D eigenvalue weighted by molar-refractivity contribution is 7.89. The summed E-state index contributed by atoms with van der Waals surface area (Å²) in [6, 6.07) is 8.28. The Morgan fingerprint density at radius 3 is 2.47 bits per heavy atom. The van der Waals surface area contributed by atoms with Gasteiger partial charge in [0.05, 0.1) is 4.90 Å². The summed E-state index contributed by atoms with van der Waals surface area (Å²) in [4.78, 5) is 4.18. The topological polar surface area (TPSA) is 85.1 Å². The molecule has 100 valence electrons. The Hall–Kier alpha value is -1.92. The van der Waals surface area contributed by atoms with Gasteiger partial charge in [-0.1, -0.05) is 0 Å². The number of benzene rings is 1. The van der Waals surface area contributed by atoms with Crippen molar-refractivity contribution in [2.45, 2.75) is 18.4 Å². The summed E-state index contributed by atoms with van der Waals surface area (Å²) in [6.07, 6.45) is 3.56. The average molecular weight is 277 g/mol. The number of aryl methyl sites for hydroxylation is 1. The molecular weight excluding hydrogens is 262 g/mol. The van der Waals surface area contributed by atoms with Crippen molar-refractivity contribution >= 4 is 15.7 Å². The maximum absolute atomic E-state index is 11.1. The third-order valence-electron chi connectivity index (χ3n) is 2.81. The quantitative estimate of drug-likeness (QED) is 0.889. The van der Waals surface area contributed by atoms with Crippen LogP contribution < -0.4 is 10.5 Å². The fourth-order valence-electron chi connectivity index (χ4n) is 1.64. The summed E-state index contributed by atoms with van der Waals surface area (Å²) in [6.45, 7) is 2.65. The van der Waals surface area contributed by atoms with E-state index in [2.05, 4.69) is 10.3 Å². The fraction of sp³-hybridized carbons (Fsp3) is 0.154. The first-order valence-corrected chi connectivity index (χ1v) is 7.28. The number of nitrogens with one attached hydrogen (secondary N) is 1. The van der Waals surface area contributed by atoms with E-state index in [9.17, 15) is 8.42 Å². The number of aromatic nitrogens is 1. The zero-order chi connectivity index (χ0) is 13.9. The van der Waals surface area contributed by atoms with Crippen LogP contribution in [0, 0.1) is 6.92 Å². The molecule has 1 aromatic heterocycles. The third kappa shape index (κ3) is 3.52. The second kappa shape index (κ2) is 5.38. The molecule has 0 spiro atoms. The molecule has 2 rings (SSSR count). The van der Waals surface area contributed by atoms with Gasteiger partial charge in [-0.2, -0.15) is 0 Å². The number of nitrogens with zero attached hydrogens (tertiary/aromatic N) is 1. The van der Waals surface area contributed by atoms with Crippen molar-refractivity contribution in [2.75, 3.05) is 5.32 Å². The molecule has 0 fully saturated rings. The van der Waals surface area contributed by atoms with Crippen molar-refractivity contribution in [3.8, 4) is 0 Å². The fourth-order valence-corrected chi connectivity index (χ4v) is 2.16. The van der Waals surface area contributed by atoms with Crippen molar-refractivity contribution in [3.05, 3.63) is 53.9 Å². The molecule has 0 aliphatic rings. The van der Waals surface area contributed by atoms with Gasteiger partial charge >= 0.3 is 0 Å². The van der Waals surface area contributed by atoms with Crippen molar-refractivity contribution in [2.24, 2.45) is 5.14 Å². The molecule has 19 heavy (non-hydrogen) atoms. The van der Waals surface area contributed by atoms with Crippen LogP contribution in [0.15, 0.2) is 47.6 Å². The summed E-state index contributed by atoms with van der Waals surface area (Å²) in [5.74, 6) is 0. The Labute approximate surface area is 112 Å². The van der Waals surface area contributed by atoms with E-state index in [1.165, 1.54) is 12.1 Å². The van der Waals surface area contributed by atoms with Crippen LogP contribution in [0.5, 0.6) is 0 Å². The lowest BCUT2D eigenvalue weighted by molar-refractivity contribution is 0.598. The maximum Gasteiger partial charge on any atom is 0.238 e. The molecule has 0 radical (unpaired) electrons. The summed E-state index contributed by atoms with van der Waals surface area (Å²) >= 11 is 0. The smallest absolute Gasteiger partial charge is 0.238 e. The van der Waals surface area contributed by atoms with Crippen LogP contribution in [0.2, 0.25) is 0 Å². The molecule has 0 aliphatic carbocycles. The molecule has 0 saturated heterocycles. The van der Waals surface area contributed by atoms with Gasteiger partial charge in [0.1, 0.15) is 0 Å². The van der Waals surface area contributed by atoms with Crippen LogP contribution in [-0.4, -0.2) is 13.4 Å². The molecular formula is C13H15N3O2S. The molecule has 0 aliphatic heterocycles. The Kier molecular flexibility index (Phi) is 3.82. The Balaban J connectivity index is 2.07.